The minimum atomic E-state index is -0.916. The van der Waals surface area contributed by atoms with Gasteiger partial charge in [0.15, 0.2) is 0 Å². The summed E-state index contributed by atoms with van der Waals surface area (Å²) >= 11 is 0. The van der Waals surface area contributed by atoms with Crippen molar-refractivity contribution in [2.45, 2.75) is 0 Å². The summed E-state index contributed by atoms with van der Waals surface area (Å²) in [6.45, 7) is 0. The molecule has 2 nitrogen and oxygen atoms in total. The van der Waals surface area contributed by atoms with Crippen molar-refractivity contribution in [2.75, 3.05) is 0 Å². The van der Waals surface area contributed by atoms with Gasteiger partial charge in [0.05, 0.1) is 0 Å². The molecule has 0 amide bonds. The molecule has 0 bridgehead atoms. The molecule has 0 fully saturated rings. The summed E-state index contributed by atoms with van der Waals surface area (Å²) in [6.07, 6.45) is 10.1. The highest BCUT2D eigenvalue weighted by atomic mass is 16.5. The Morgan fingerprint density at radius 3 is 2.50 bits per heavy atom. The standard InChI is InChI=1S/C8H8O2/c9-8(10)6-5-7-3-1-2-4-7/h1-6,9-10H/p-1. The van der Waals surface area contributed by atoms with Crippen molar-refractivity contribution in [1.29, 1.82) is 0 Å². The molecule has 0 aromatic carbocycles. The van der Waals surface area contributed by atoms with E-state index in [4.69, 9.17) is 5.11 Å². The summed E-state index contributed by atoms with van der Waals surface area (Å²) < 4.78 is 0. The minimum absolute atomic E-state index is 0.916. The Morgan fingerprint density at radius 2 is 2.00 bits per heavy atom. The van der Waals surface area contributed by atoms with Gasteiger partial charge >= 0.3 is 0 Å². The van der Waals surface area contributed by atoms with Gasteiger partial charge in [0, 0.05) is 5.95 Å². The molecular formula is C8H7O2-. The molecule has 0 aromatic heterocycles. The maximum absolute atomic E-state index is 10.0. The number of allylic oxidation sites excluding steroid dienone is 7. The normalized spacial score (nSPS) is 16.4. The molecule has 2 heteroatoms. The Balaban J connectivity index is 2.65. The lowest BCUT2D eigenvalue weighted by molar-refractivity contribution is -0.348. The predicted octanol–water partition coefficient (Wildman–Crippen LogP) is 0.799. The van der Waals surface area contributed by atoms with Crippen molar-refractivity contribution >= 4 is 0 Å². The largest absolute Gasteiger partial charge is 0.629 e. The monoisotopic (exact) mass is 135 g/mol. The van der Waals surface area contributed by atoms with Crippen LogP contribution in [-0.4, -0.2) is 5.11 Å². The van der Waals surface area contributed by atoms with E-state index in [0.717, 1.165) is 11.6 Å². The lowest BCUT2D eigenvalue weighted by Gasteiger charge is -1.93. The number of hydrogen-bond acceptors (Lipinski definition) is 2. The molecule has 0 heterocycles. The van der Waals surface area contributed by atoms with Crippen molar-refractivity contribution in [2.24, 2.45) is 0 Å². The quantitative estimate of drug-likeness (QED) is 0.540. The van der Waals surface area contributed by atoms with E-state index in [9.17, 15) is 5.11 Å². The number of aliphatic hydroxyl groups is 1. The topological polar surface area (TPSA) is 43.3 Å². The molecule has 10 heavy (non-hydrogen) atoms. The SMILES string of the molecule is [O-]/C(O)=C\C=C1C=CC=C1. The third-order valence-electron chi connectivity index (χ3n) is 1.11. The van der Waals surface area contributed by atoms with E-state index in [1.165, 1.54) is 0 Å². The second kappa shape index (κ2) is 2.92. The van der Waals surface area contributed by atoms with Crippen molar-refractivity contribution < 1.29 is 10.2 Å². The summed E-state index contributed by atoms with van der Waals surface area (Å²) in [5, 5.41) is 18.2. The molecule has 0 aromatic rings. The fraction of sp³-hybridized carbons (Fsp3) is 0. The second-order valence-corrected chi connectivity index (χ2v) is 1.89. The Hall–Kier alpha value is -1.44. The van der Waals surface area contributed by atoms with Crippen LogP contribution in [0.2, 0.25) is 0 Å². The van der Waals surface area contributed by atoms with E-state index in [0.29, 0.717) is 0 Å². The van der Waals surface area contributed by atoms with E-state index >= 15 is 0 Å². The highest BCUT2D eigenvalue weighted by Gasteiger charge is 1.86. The zero-order valence-electron chi connectivity index (χ0n) is 5.32. The Kier molecular flexibility index (Phi) is 1.95. The van der Waals surface area contributed by atoms with Gasteiger partial charge in [0.1, 0.15) is 0 Å². The van der Waals surface area contributed by atoms with Crippen LogP contribution in [0, 0.1) is 0 Å². The molecule has 0 atom stereocenters. The lowest BCUT2D eigenvalue weighted by Crippen LogP contribution is -1.99. The van der Waals surface area contributed by atoms with Gasteiger partial charge in [-0.1, -0.05) is 30.4 Å². The first-order chi connectivity index (χ1) is 4.79. The van der Waals surface area contributed by atoms with Crippen LogP contribution in [0.4, 0.5) is 0 Å². The van der Waals surface area contributed by atoms with Crippen molar-refractivity contribution in [3.8, 4) is 0 Å². The third-order valence-corrected chi connectivity index (χ3v) is 1.11. The number of rotatable bonds is 1. The van der Waals surface area contributed by atoms with Gasteiger partial charge in [-0.05, 0) is 11.6 Å². The van der Waals surface area contributed by atoms with E-state index in [2.05, 4.69) is 0 Å². The van der Waals surface area contributed by atoms with E-state index < -0.39 is 5.95 Å². The average molecular weight is 135 g/mol. The zero-order chi connectivity index (χ0) is 7.40. The molecule has 1 aliphatic carbocycles. The molecule has 0 unspecified atom stereocenters. The third kappa shape index (κ3) is 1.82. The van der Waals surface area contributed by atoms with Crippen LogP contribution in [0.25, 0.3) is 0 Å². The molecule has 0 radical (unpaired) electrons. The Labute approximate surface area is 59.1 Å². The van der Waals surface area contributed by atoms with Crippen molar-refractivity contribution in [3.63, 3.8) is 0 Å². The van der Waals surface area contributed by atoms with Crippen LogP contribution in [0.1, 0.15) is 0 Å². The first-order valence-electron chi connectivity index (χ1n) is 2.92. The van der Waals surface area contributed by atoms with Gasteiger partial charge in [-0.2, -0.15) is 0 Å². The first-order valence-corrected chi connectivity index (χ1v) is 2.92. The average Bonchev–Trinajstić information content (AvgIpc) is 2.34. The fourth-order valence-corrected chi connectivity index (χ4v) is 0.668. The summed E-state index contributed by atoms with van der Waals surface area (Å²) in [5.74, 6) is -0.916. The van der Waals surface area contributed by atoms with Gasteiger partial charge in [-0.3, -0.25) is 0 Å². The van der Waals surface area contributed by atoms with Gasteiger partial charge in [-0.15, -0.1) is 0 Å². The molecule has 1 N–H and O–H groups in total. The fourth-order valence-electron chi connectivity index (χ4n) is 0.668. The summed E-state index contributed by atoms with van der Waals surface area (Å²) in [4.78, 5) is 0. The molecule has 0 saturated carbocycles. The van der Waals surface area contributed by atoms with E-state index in [1.54, 1.807) is 6.08 Å². The highest BCUT2D eigenvalue weighted by molar-refractivity contribution is 5.41. The highest BCUT2D eigenvalue weighted by Crippen LogP contribution is 2.06. The Morgan fingerprint density at radius 1 is 1.40 bits per heavy atom. The maximum Gasteiger partial charge on any atom is 0.0482 e. The van der Waals surface area contributed by atoms with Gasteiger partial charge < -0.3 is 10.2 Å². The van der Waals surface area contributed by atoms with Gasteiger partial charge in [-0.25, -0.2) is 0 Å². The molecule has 0 saturated heterocycles. The lowest BCUT2D eigenvalue weighted by atomic mass is 10.3. The van der Waals surface area contributed by atoms with E-state index in [1.807, 2.05) is 24.3 Å². The van der Waals surface area contributed by atoms with Crippen molar-refractivity contribution in [3.05, 3.63) is 48.0 Å². The summed E-state index contributed by atoms with van der Waals surface area (Å²) in [7, 11) is 0. The maximum atomic E-state index is 10.0. The minimum Gasteiger partial charge on any atom is -0.629 e. The molecule has 52 valence electrons. The molecule has 1 aliphatic rings. The molecule has 0 spiro atoms. The first kappa shape index (κ1) is 6.68. The smallest absolute Gasteiger partial charge is 0.0482 e. The van der Waals surface area contributed by atoms with Gasteiger partial charge in [0.2, 0.25) is 0 Å². The predicted molar refractivity (Wildman–Crippen MR) is 37.1 cm³/mol. The molecule has 1 rings (SSSR count). The van der Waals surface area contributed by atoms with Gasteiger partial charge in [0.25, 0.3) is 0 Å². The van der Waals surface area contributed by atoms with Crippen LogP contribution in [0.5, 0.6) is 0 Å². The van der Waals surface area contributed by atoms with E-state index in [-0.39, 0.29) is 0 Å². The van der Waals surface area contributed by atoms with Crippen LogP contribution in [0.15, 0.2) is 48.0 Å². The summed E-state index contributed by atoms with van der Waals surface area (Å²) in [5.41, 5.74) is 0.919. The Bertz CT molecular complexity index is 214. The molecular weight excluding hydrogens is 128 g/mol. The zero-order valence-corrected chi connectivity index (χ0v) is 5.32. The van der Waals surface area contributed by atoms with Crippen LogP contribution in [-0.2, 0) is 0 Å². The number of aliphatic hydroxyl groups excluding tert-OH is 1. The van der Waals surface area contributed by atoms with Crippen LogP contribution >= 0.6 is 0 Å². The summed E-state index contributed by atoms with van der Waals surface area (Å²) in [6, 6.07) is 0. The number of hydrogen-bond donors (Lipinski definition) is 1. The second-order valence-electron chi connectivity index (χ2n) is 1.89. The van der Waals surface area contributed by atoms with Crippen LogP contribution in [0.3, 0.4) is 0 Å². The van der Waals surface area contributed by atoms with Crippen molar-refractivity contribution in [1.82, 2.24) is 0 Å². The van der Waals surface area contributed by atoms with Crippen LogP contribution < -0.4 is 5.11 Å². The molecule has 0 aliphatic heterocycles.